The zero-order chi connectivity index (χ0) is 14.6. The Morgan fingerprint density at radius 2 is 2.15 bits per heavy atom. The average Bonchev–Trinajstić information content (AvgIpc) is 2.88. The molecule has 1 aliphatic heterocycles. The van der Waals surface area contributed by atoms with Crippen molar-refractivity contribution in [1.82, 2.24) is 10.2 Å². The van der Waals surface area contributed by atoms with Gasteiger partial charge in [-0.15, -0.1) is 0 Å². The van der Waals surface area contributed by atoms with Crippen LogP contribution in [0.1, 0.15) is 51.9 Å². The zero-order valence-corrected chi connectivity index (χ0v) is 12.3. The van der Waals surface area contributed by atoms with Gasteiger partial charge in [0.2, 0.25) is 5.91 Å². The lowest BCUT2D eigenvalue weighted by atomic mass is 9.97. The molecule has 112 valence electrons. The number of aliphatic hydroxyl groups excluding tert-OH is 1. The maximum Gasteiger partial charge on any atom is 0.235 e. The molecule has 2 unspecified atom stereocenters. The summed E-state index contributed by atoms with van der Waals surface area (Å²) in [6.45, 7) is 2.93. The third kappa shape index (κ3) is 3.50. The quantitative estimate of drug-likeness (QED) is 0.810. The van der Waals surface area contributed by atoms with E-state index in [1.54, 1.807) is 6.92 Å². The smallest absolute Gasteiger partial charge is 0.235 e. The molecule has 0 aromatic heterocycles. The van der Waals surface area contributed by atoms with Gasteiger partial charge in [0.1, 0.15) is 5.54 Å². The number of nitriles is 1. The number of nitrogens with one attached hydrogen (secondary N) is 1. The molecule has 0 bridgehead atoms. The van der Waals surface area contributed by atoms with Crippen LogP contribution in [0, 0.1) is 11.3 Å². The van der Waals surface area contributed by atoms with E-state index in [2.05, 4.69) is 16.3 Å². The normalized spacial score (nSPS) is 27.8. The summed E-state index contributed by atoms with van der Waals surface area (Å²) in [7, 11) is 0. The molecule has 2 fully saturated rings. The monoisotopic (exact) mass is 279 g/mol. The molecular weight excluding hydrogens is 254 g/mol. The molecule has 1 saturated carbocycles. The summed E-state index contributed by atoms with van der Waals surface area (Å²) in [4.78, 5) is 14.3. The second kappa shape index (κ2) is 6.55. The van der Waals surface area contributed by atoms with E-state index in [1.165, 1.54) is 0 Å². The fraction of sp³-hybridized carbons (Fsp3) is 0.867. The zero-order valence-electron chi connectivity index (χ0n) is 12.3. The molecule has 1 amide bonds. The number of hydrogen-bond acceptors (Lipinski definition) is 4. The Morgan fingerprint density at radius 3 is 2.75 bits per heavy atom. The van der Waals surface area contributed by atoms with Gasteiger partial charge in [-0.3, -0.25) is 9.69 Å². The summed E-state index contributed by atoms with van der Waals surface area (Å²) in [6.07, 6.45) is 6.23. The molecule has 0 radical (unpaired) electrons. The van der Waals surface area contributed by atoms with Gasteiger partial charge < -0.3 is 10.4 Å². The molecule has 2 atom stereocenters. The maximum atomic E-state index is 12.2. The molecular formula is C15H25N3O2. The second-order valence-electron chi connectivity index (χ2n) is 6.22. The van der Waals surface area contributed by atoms with E-state index in [-0.39, 0.29) is 11.9 Å². The van der Waals surface area contributed by atoms with Crippen LogP contribution in [-0.4, -0.2) is 46.7 Å². The van der Waals surface area contributed by atoms with Crippen molar-refractivity contribution in [3.63, 3.8) is 0 Å². The molecule has 2 aliphatic rings. The molecule has 0 spiro atoms. The lowest BCUT2D eigenvalue weighted by Gasteiger charge is -2.37. The Hall–Kier alpha value is -1.12. The topological polar surface area (TPSA) is 76.4 Å². The van der Waals surface area contributed by atoms with E-state index in [4.69, 9.17) is 0 Å². The van der Waals surface area contributed by atoms with Gasteiger partial charge in [-0.05, 0) is 52.0 Å². The minimum Gasteiger partial charge on any atom is -0.392 e. The Morgan fingerprint density at radius 1 is 1.45 bits per heavy atom. The van der Waals surface area contributed by atoms with Crippen molar-refractivity contribution in [1.29, 1.82) is 5.26 Å². The van der Waals surface area contributed by atoms with E-state index >= 15 is 0 Å². The second-order valence-corrected chi connectivity index (χ2v) is 6.22. The SMILES string of the molecule is CC(O)C1CCCCN1CC(=O)NC1(C#N)CCCC1. The van der Waals surface area contributed by atoms with Crippen LogP contribution in [-0.2, 0) is 4.79 Å². The Bertz CT molecular complexity index is 383. The van der Waals surface area contributed by atoms with Gasteiger partial charge in [0.15, 0.2) is 0 Å². The fourth-order valence-electron chi connectivity index (χ4n) is 3.49. The highest BCUT2D eigenvalue weighted by atomic mass is 16.3. The fourth-order valence-corrected chi connectivity index (χ4v) is 3.49. The first-order chi connectivity index (χ1) is 9.56. The molecule has 5 heteroatoms. The molecule has 2 N–H and O–H groups in total. The van der Waals surface area contributed by atoms with Gasteiger partial charge in [-0.25, -0.2) is 0 Å². The van der Waals surface area contributed by atoms with Crippen LogP contribution in [0.5, 0.6) is 0 Å². The maximum absolute atomic E-state index is 12.2. The van der Waals surface area contributed by atoms with E-state index in [9.17, 15) is 15.2 Å². The molecule has 0 aromatic carbocycles. The van der Waals surface area contributed by atoms with Gasteiger partial charge in [-0.1, -0.05) is 6.42 Å². The van der Waals surface area contributed by atoms with E-state index in [0.29, 0.717) is 6.54 Å². The highest BCUT2D eigenvalue weighted by molar-refractivity contribution is 5.79. The molecule has 0 aromatic rings. The van der Waals surface area contributed by atoms with Crippen molar-refractivity contribution in [2.24, 2.45) is 0 Å². The van der Waals surface area contributed by atoms with Crippen LogP contribution < -0.4 is 5.32 Å². The highest BCUT2D eigenvalue weighted by Crippen LogP contribution is 2.29. The predicted molar refractivity (Wildman–Crippen MR) is 75.8 cm³/mol. The number of aliphatic hydroxyl groups is 1. The van der Waals surface area contributed by atoms with Crippen molar-refractivity contribution in [3.05, 3.63) is 0 Å². The Labute approximate surface area is 120 Å². The summed E-state index contributed by atoms with van der Waals surface area (Å²) in [5.74, 6) is -0.0824. The van der Waals surface area contributed by atoms with Crippen LogP contribution in [0.2, 0.25) is 0 Å². The number of nitrogens with zero attached hydrogens (tertiary/aromatic N) is 2. The minimum atomic E-state index is -0.646. The third-order valence-corrected chi connectivity index (χ3v) is 4.62. The predicted octanol–water partition coefficient (Wildman–Crippen LogP) is 1.17. The summed E-state index contributed by atoms with van der Waals surface area (Å²) >= 11 is 0. The van der Waals surface area contributed by atoms with E-state index < -0.39 is 11.6 Å². The Balaban J connectivity index is 1.91. The lowest BCUT2D eigenvalue weighted by molar-refractivity contribution is -0.125. The van der Waals surface area contributed by atoms with Crippen LogP contribution in [0.4, 0.5) is 0 Å². The van der Waals surface area contributed by atoms with E-state index in [0.717, 1.165) is 51.5 Å². The van der Waals surface area contributed by atoms with Crippen LogP contribution in [0.25, 0.3) is 0 Å². The largest absolute Gasteiger partial charge is 0.392 e. The standard InChI is InChI=1S/C15H25N3O2/c1-12(19)13-6-2-5-9-18(13)10-14(20)17-15(11-16)7-3-4-8-15/h12-13,19H,2-10H2,1H3,(H,17,20). The first-order valence-electron chi connectivity index (χ1n) is 7.71. The third-order valence-electron chi connectivity index (χ3n) is 4.62. The van der Waals surface area contributed by atoms with Crippen molar-refractivity contribution in [2.45, 2.75) is 69.6 Å². The average molecular weight is 279 g/mol. The summed E-state index contributed by atoms with van der Waals surface area (Å²) in [5, 5.41) is 22.0. The minimum absolute atomic E-state index is 0.0658. The molecule has 20 heavy (non-hydrogen) atoms. The number of amides is 1. The number of rotatable bonds is 4. The summed E-state index contributed by atoms with van der Waals surface area (Å²) in [5.41, 5.74) is -0.646. The number of carbonyl (C=O) groups excluding carboxylic acids is 1. The number of likely N-dealkylation sites (tertiary alicyclic amines) is 1. The first-order valence-corrected chi connectivity index (χ1v) is 7.71. The summed E-state index contributed by atoms with van der Waals surface area (Å²) in [6, 6.07) is 2.35. The molecule has 1 heterocycles. The van der Waals surface area contributed by atoms with Crippen LogP contribution in [0.3, 0.4) is 0 Å². The van der Waals surface area contributed by atoms with Crippen molar-refractivity contribution < 1.29 is 9.90 Å². The highest BCUT2D eigenvalue weighted by Gasteiger charge is 2.36. The van der Waals surface area contributed by atoms with Crippen LogP contribution >= 0.6 is 0 Å². The van der Waals surface area contributed by atoms with Crippen molar-refractivity contribution >= 4 is 5.91 Å². The Kier molecular flexibility index (Phi) is 5.00. The van der Waals surface area contributed by atoms with Gasteiger partial charge in [0.05, 0.1) is 18.7 Å². The molecule has 5 nitrogen and oxygen atoms in total. The number of piperidine rings is 1. The van der Waals surface area contributed by atoms with Crippen LogP contribution in [0.15, 0.2) is 0 Å². The van der Waals surface area contributed by atoms with Crippen molar-refractivity contribution in [2.75, 3.05) is 13.1 Å². The lowest BCUT2D eigenvalue weighted by Crippen LogP contribution is -2.53. The van der Waals surface area contributed by atoms with Gasteiger partial charge in [0, 0.05) is 6.04 Å². The molecule has 2 rings (SSSR count). The number of hydrogen-bond donors (Lipinski definition) is 2. The molecule has 1 saturated heterocycles. The van der Waals surface area contributed by atoms with Gasteiger partial charge in [-0.2, -0.15) is 5.26 Å². The van der Waals surface area contributed by atoms with Gasteiger partial charge in [0.25, 0.3) is 0 Å². The van der Waals surface area contributed by atoms with Gasteiger partial charge >= 0.3 is 0 Å². The first kappa shape index (κ1) is 15.3. The van der Waals surface area contributed by atoms with Crippen molar-refractivity contribution in [3.8, 4) is 6.07 Å². The number of carbonyl (C=O) groups is 1. The summed E-state index contributed by atoms with van der Waals surface area (Å²) < 4.78 is 0. The molecule has 1 aliphatic carbocycles. The van der Waals surface area contributed by atoms with E-state index in [1.807, 2.05) is 0 Å².